The second kappa shape index (κ2) is 6.90. The molecule has 2 aromatic rings. The Morgan fingerprint density at radius 3 is 2.33 bits per heavy atom. The van der Waals surface area contributed by atoms with Crippen LogP contribution < -0.4 is 10.6 Å². The Hall–Kier alpha value is -2.33. The number of para-hydroxylation sites is 1. The van der Waals surface area contributed by atoms with Gasteiger partial charge in [-0.05, 0) is 43.2 Å². The van der Waals surface area contributed by atoms with E-state index in [-0.39, 0.29) is 11.7 Å². The Morgan fingerprint density at radius 2 is 1.76 bits per heavy atom. The van der Waals surface area contributed by atoms with Gasteiger partial charge in [-0.25, -0.2) is 0 Å². The average molecular weight is 284 g/mol. The molecule has 4 nitrogen and oxygen atoms in total. The molecule has 0 aliphatic heterocycles. The van der Waals surface area contributed by atoms with Crippen LogP contribution in [0, 0.1) is 0 Å². The van der Waals surface area contributed by atoms with Crippen LogP contribution in [-0.2, 0) is 11.2 Å². The van der Waals surface area contributed by atoms with Crippen LogP contribution in [0.15, 0.2) is 54.6 Å². The van der Waals surface area contributed by atoms with Gasteiger partial charge in [0, 0.05) is 12.2 Å². The molecule has 0 aromatic heterocycles. The summed E-state index contributed by atoms with van der Waals surface area (Å²) in [7, 11) is 0. The summed E-state index contributed by atoms with van der Waals surface area (Å²) in [4.78, 5) is 14.2. The number of nitrogens with two attached hydrogens (primary N) is 1. The molecular weight excluding hydrogens is 264 g/mol. The molecule has 0 heterocycles. The van der Waals surface area contributed by atoms with Gasteiger partial charge in [-0.3, -0.25) is 4.79 Å². The first-order valence-electron chi connectivity index (χ1n) is 7.01. The molecule has 4 heteroatoms. The number of phenolic OH excluding ortho intramolecular Hbond substituents is 1. The number of benzene rings is 2. The van der Waals surface area contributed by atoms with Gasteiger partial charge in [-0.15, -0.1) is 0 Å². The van der Waals surface area contributed by atoms with Crippen LogP contribution in [0.2, 0.25) is 0 Å². The Kier molecular flexibility index (Phi) is 4.95. The summed E-state index contributed by atoms with van der Waals surface area (Å²) >= 11 is 0. The number of phenols is 1. The Morgan fingerprint density at radius 1 is 1.14 bits per heavy atom. The van der Waals surface area contributed by atoms with Crippen molar-refractivity contribution >= 4 is 11.6 Å². The van der Waals surface area contributed by atoms with Gasteiger partial charge in [0.15, 0.2) is 0 Å². The number of carbonyl (C=O) groups is 1. The lowest BCUT2D eigenvalue weighted by Crippen LogP contribution is -2.45. The van der Waals surface area contributed by atoms with Gasteiger partial charge in [-0.2, -0.15) is 0 Å². The highest BCUT2D eigenvalue weighted by molar-refractivity contribution is 5.97. The fourth-order valence-electron chi connectivity index (χ4n) is 2.25. The third-order valence-electron chi connectivity index (χ3n) is 3.36. The minimum atomic E-state index is -0.602. The average Bonchev–Trinajstić information content (AvgIpc) is 2.51. The van der Waals surface area contributed by atoms with Crippen molar-refractivity contribution < 1.29 is 9.90 Å². The van der Waals surface area contributed by atoms with E-state index in [0.717, 1.165) is 11.3 Å². The van der Waals surface area contributed by atoms with Gasteiger partial charge < -0.3 is 15.7 Å². The summed E-state index contributed by atoms with van der Waals surface area (Å²) < 4.78 is 0. The lowest BCUT2D eigenvalue weighted by molar-refractivity contribution is -0.119. The number of hydrogen-bond donors (Lipinski definition) is 2. The van der Waals surface area contributed by atoms with Crippen molar-refractivity contribution in [1.29, 1.82) is 0 Å². The number of nitrogens with zero attached hydrogens (tertiary/aromatic N) is 1. The fraction of sp³-hybridized carbons (Fsp3) is 0.235. The SMILES string of the molecule is CCN(C(=O)[C@@H](N)Cc1ccc(O)cc1)c1ccccc1. The Balaban J connectivity index is 2.08. The molecular formula is C17H20N2O2. The number of rotatable bonds is 5. The molecule has 2 rings (SSSR count). The van der Waals surface area contributed by atoms with Crippen LogP contribution in [0.1, 0.15) is 12.5 Å². The van der Waals surface area contributed by atoms with Crippen molar-refractivity contribution in [1.82, 2.24) is 0 Å². The molecule has 0 aliphatic rings. The van der Waals surface area contributed by atoms with Crippen molar-refractivity contribution in [2.45, 2.75) is 19.4 Å². The lowest BCUT2D eigenvalue weighted by Gasteiger charge is -2.24. The highest BCUT2D eigenvalue weighted by Gasteiger charge is 2.21. The molecule has 0 radical (unpaired) electrons. The van der Waals surface area contributed by atoms with E-state index in [9.17, 15) is 9.90 Å². The van der Waals surface area contributed by atoms with Crippen molar-refractivity contribution in [3.8, 4) is 5.75 Å². The molecule has 0 spiro atoms. The van der Waals surface area contributed by atoms with E-state index in [1.165, 1.54) is 0 Å². The fourth-order valence-corrected chi connectivity index (χ4v) is 2.25. The third kappa shape index (κ3) is 3.83. The monoisotopic (exact) mass is 284 g/mol. The molecule has 0 aliphatic carbocycles. The van der Waals surface area contributed by atoms with Crippen LogP contribution in [0.5, 0.6) is 5.75 Å². The van der Waals surface area contributed by atoms with Crippen LogP contribution in [0.4, 0.5) is 5.69 Å². The second-order valence-corrected chi connectivity index (χ2v) is 4.90. The largest absolute Gasteiger partial charge is 0.508 e. The lowest BCUT2D eigenvalue weighted by atomic mass is 10.0. The maximum absolute atomic E-state index is 12.5. The molecule has 110 valence electrons. The molecule has 0 bridgehead atoms. The van der Waals surface area contributed by atoms with Crippen LogP contribution in [-0.4, -0.2) is 23.6 Å². The molecule has 1 atom stereocenters. The Labute approximate surface area is 124 Å². The van der Waals surface area contributed by atoms with Gasteiger partial charge in [0.1, 0.15) is 5.75 Å². The number of anilines is 1. The zero-order valence-electron chi connectivity index (χ0n) is 12.1. The topological polar surface area (TPSA) is 66.6 Å². The maximum atomic E-state index is 12.5. The summed E-state index contributed by atoms with van der Waals surface area (Å²) in [6, 6.07) is 15.7. The maximum Gasteiger partial charge on any atom is 0.244 e. The van der Waals surface area contributed by atoms with Gasteiger partial charge in [0.2, 0.25) is 5.91 Å². The minimum absolute atomic E-state index is 0.100. The quantitative estimate of drug-likeness (QED) is 0.885. The minimum Gasteiger partial charge on any atom is -0.508 e. The van der Waals surface area contributed by atoms with Crippen LogP contribution in [0.3, 0.4) is 0 Å². The second-order valence-electron chi connectivity index (χ2n) is 4.90. The summed E-state index contributed by atoms with van der Waals surface area (Å²) in [6.07, 6.45) is 0.447. The predicted octanol–water partition coefficient (Wildman–Crippen LogP) is 2.32. The summed E-state index contributed by atoms with van der Waals surface area (Å²) in [5.74, 6) is 0.106. The van der Waals surface area contributed by atoms with Crippen molar-refractivity contribution in [2.75, 3.05) is 11.4 Å². The standard InChI is InChI=1S/C17H20N2O2/c1-2-19(14-6-4-3-5-7-14)17(21)16(18)12-13-8-10-15(20)11-9-13/h3-11,16,20H,2,12,18H2,1H3/t16-/m0/s1. The molecule has 0 saturated heterocycles. The molecule has 0 unspecified atom stereocenters. The zero-order chi connectivity index (χ0) is 15.2. The predicted molar refractivity (Wildman–Crippen MR) is 84.3 cm³/mol. The van der Waals surface area contributed by atoms with E-state index in [2.05, 4.69) is 0 Å². The van der Waals surface area contributed by atoms with Gasteiger partial charge in [0.05, 0.1) is 6.04 Å². The number of aromatic hydroxyl groups is 1. The molecule has 1 amide bonds. The summed E-state index contributed by atoms with van der Waals surface area (Å²) in [5, 5.41) is 9.27. The smallest absolute Gasteiger partial charge is 0.244 e. The normalized spacial score (nSPS) is 11.9. The third-order valence-corrected chi connectivity index (χ3v) is 3.36. The van der Waals surface area contributed by atoms with E-state index in [4.69, 9.17) is 5.73 Å². The zero-order valence-corrected chi connectivity index (χ0v) is 12.1. The summed E-state index contributed by atoms with van der Waals surface area (Å²) in [5.41, 5.74) is 7.83. The van der Waals surface area contributed by atoms with Gasteiger partial charge >= 0.3 is 0 Å². The van der Waals surface area contributed by atoms with Crippen molar-refractivity contribution in [2.24, 2.45) is 5.73 Å². The molecule has 0 saturated carbocycles. The van der Waals surface area contributed by atoms with Crippen LogP contribution in [0.25, 0.3) is 0 Å². The molecule has 21 heavy (non-hydrogen) atoms. The first kappa shape index (κ1) is 15.1. The van der Waals surface area contributed by atoms with E-state index in [0.29, 0.717) is 13.0 Å². The highest BCUT2D eigenvalue weighted by atomic mass is 16.3. The number of likely N-dealkylation sites (N-methyl/N-ethyl adjacent to an activating group) is 1. The Bertz CT molecular complexity index is 581. The van der Waals surface area contributed by atoms with E-state index >= 15 is 0 Å². The van der Waals surface area contributed by atoms with Crippen molar-refractivity contribution in [3.05, 3.63) is 60.2 Å². The van der Waals surface area contributed by atoms with Crippen molar-refractivity contribution in [3.63, 3.8) is 0 Å². The highest BCUT2D eigenvalue weighted by Crippen LogP contribution is 2.16. The molecule has 3 N–H and O–H groups in total. The van der Waals surface area contributed by atoms with E-state index in [1.807, 2.05) is 37.3 Å². The van der Waals surface area contributed by atoms with Gasteiger partial charge in [0.25, 0.3) is 0 Å². The summed E-state index contributed by atoms with van der Waals surface area (Å²) in [6.45, 7) is 2.50. The number of carbonyl (C=O) groups excluding carboxylic acids is 1. The first-order valence-corrected chi connectivity index (χ1v) is 7.01. The number of hydrogen-bond acceptors (Lipinski definition) is 3. The van der Waals surface area contributed by atoms with E-state index < -0.39 is 6.04 Å². The van der Waals surface area contributed by atoms with Gasteiger partial charge in [-0.1, -0.05) is 30.3 Å². The molecule has 0 fully saturated rings. The molecule has 2 aromatic carbocycles. The number of amides is 1. The van der Waals surface area contributed by atoms with E-state index in [1.54, 1.807) is 29.2 Å². The van der Waals surface area contributed by atoms with Crippen LogP contribution >= 0.6 is 0 Å². The first-order chi connectivity index (χ1) is 10.1.